The van der Waals surface area contributed by atoms with Gasteiger partial charge in [-0.05, 0) is 23.9 Å². The normalized spacial score (nSPS) is 16.3. The van der Waals surface area contributed by atoms with Crippen LogP contribution in [0.4, 0.5) is 5.69 Å². The maximum atomic E-state index is 11.9. The summed E-state index contributed by atoms with van der Waals surface area (Å²) in [5.74, 6) is 0. The van der Waals surface area contributed by atoms with Gasteiger partial charge in [0.1, 0.15) is 12.3 Å². The average molecular weight is 306 g/mol. The van der Waals surface area contributed by atoms with Gasteiger partial charge in [0, 0.05) is 18.1 Å². The van der Waals surface area contributed by atoms with Crippen molar-refractivity contribution in [2.24, 2.45) is 0 Å². The number of likely N-dealkylation sites (N-methyl/N-ethyl adjacent to an activating group) is 1. The fourth-order valence-electron chi connectivity index (χ4n) is 3.47. The first kappa shape index (κ1) is 13.9. The molecule has 0 aliphatic carbocycles. The van der Waals surface area contributed by atoms with Crippen LogP contribution in [0.1, 0.15) is 30.8 Å². The van der Waals surface area contributed by atoms with Crippen LogP contribution in [0.5, 0.6) is 0 Å². The maximum Gasteiger partial charge on any atom is 0.148 e. The number of anilines is 1. The largest absolute Gasteiger partial charge is 0.359 e. The van der Waals surface area contributed by atoms with E-state index in [1.54, 1.807) is 0 Å². The van der Waals surface area contributed by atoms with E-state index in [0.717, 1.165) is 52.7 Å². The van der Waals surface area contributed by atoms with Crippen molar-refractivity contribution in [3.63, 3.8) is 0 Å². The van der Waals surface area contributed by atoms with Crippen LogP contribution in [-0.2, 0) is 11.2 Å². The van der Waals surface area contributed by atoms with Crippen LogP contribution in [0.15, 0.2) is 36.4 Å². The van der Waals surface area contributed by atoms with Crippen LogP contribution in [0.25, 0.3) is 16.5 Å². The Morgan fingerprint density at radius 1 is 1.17 bits per heavy atom. The van der Waals surface area contributed by atoms with Crippen LogP contribution < -0.4 is 4.90 Å². The molecule has 0 N–H and O–H groups in total. The smallest absolute Gasteiger partial charge is 0.148 e. The Morgan fingerprint density at radius 3 is 2.61 bits per heavy atom. The molecule has 4 rings (SSSR count). The zero-order valence-corrected chi connectivity index (χ0v) is 13.2. The minimum atomic E-state index is -0.385. The summed E-state index contributed by atoms with van der Waals surface area (Å²) in [7, 11) is 1.96. The Bertz CT molecular complexity index is 894. The monoisotopic (exact) mass is 306 g/mol. The second kappa shape index (κ2) is 5.19. The molecule has 23 heavy (non-hydrogen) atoms. The summed E-state index contributed by atoms with van der Waals surface area (Å²) in [4.78, 5) is 13.9. The SMILES string of the molecule is CCCc1nnn2c1C(C=O)N(C)c1cccc3cccc-2c13. The molecule has 1 aliphatic rings. The summed E-state index contributed by atoms with van der Waals surface area (Å²) in [6, 6.07) is 11.9. The van der Waals surface area contributed by atoms with Crippen molar-refractivity contribution >= 4 is 22.7 Å². The summed E-state index contributed by atoms with van der Waals surface area (Å²) in [6.07, 6.45) is 2.77. The molecule has 0 amide bonds. The predicted molar refractivity (Wildman–Crippen MR) is 90.1 cm³/mol. The molecule has 1 aromatic heterocycles. The zero-order valence-electron chi connectivity index (χ0n) is 13.2. The summed E-state index contributed by atoms with van der Waals surface area (Å²) < 4.78 is 1.85. The van der Waals surface area contributed by atoms with E-state index >= 15 is 0 Å². The molecule has 0 bridgehead atoms. The topological polar surface area (TPSA) is 51.0 Å². The van der Waals surface area contributed by atoms with Gasteiger partial charge in [-0.15, -0.1) is 5.10 Å². The third kappa shape index (κ3) is 1.89. The molecular weight excluding hydrogens is 288 g/mol. The van der Waals surface area contributed by atoms with Gasteiger partial charge in [-0.3, -0.25) is 0 Å². The van der Waals surface area contributed by atoms with E-state index in [1.807, 2.05) is 34.8 Å². The standard InChI is InChI=1S/C18H18N4O/c1-3-6-13-18-16(11-23)21(2)14-9-4-7-12-8-5-10-15(17(12)14)22(18)20-19-13/h4-5,7-11,16H,3,6H2,1-2H3. The Balaban J connectivity index is 2.11. The van der Waals surface area contributed by atoms with E-state index in [2.05, 4.69) is 35.4 Å². The summed E-state index contributed by atoms with van der Waals surface area (Å²) in [6.45, 7) is 2.11. The lowest BCUT2D eigenvalue weighted by atomic mass is 10.1. The number of aromatic nitrogens is 3. The van der Waals surface area contributed by atoms with Gasteiger partial charge in [0.05, 0.1) is 17.1 Å². The Labute approximate surface area is 134 Å². The van der Waals surface area contributed by atoms with Crippen LogP contribution in [-0.4, -0.2) is 28.3 Å². The number of aldehydes is 1. The molecule has 2 heterocycles. The third-order valence-corrected chi connectivity index (χ3v) is 4.56. The average Bonchev–Trinajstić information content (AvgIpc) is 2.94. The minimum Gasteiger partial charge on any atom is -0.359 e. The Kier molecular flexibility index (Phi) is 3.15. The first-order valence-electron chi connectivity index (χ1n) is 7.91. The number of carbonyl (C=O) groups is 1. The van der Waals surface area contributed by atoms with E-state index < -0.39 is 0 Å². The molecule has 2 aromatic carbocycles. The Morgan fingerprint density at radius 2 is 1.91 bits per heavy atom. The van der Waals surface area contributed by atoms with Gasteiger partial charge in [-0.25, -0.2) is 4.68 Å². The number of hydrogen-bond donors (Lipinski definition) is 0. The Hall–Kier alpha value is -2.69. The number of nitrogens with zero attached hydrogens (tertiary/aromatic N) is 4. The number of benzene rings is 2. The lowest BCUT2D eigenvalue weighted by Crippen LogP contribution is -2.26. The quantitative estimate of drug-likeness (QED) is 0.698. The number of carbonyl (C=O) groups excluding carboxylic acids is 1. The van der Waals surface area contributed by atoms with Crippen molar-refractivity contribution in [2.45, 2.75) is 25.8 Å². The summed E-state index contributed by atoms with van der Waals surface area (Å²) in [5.41, 5.74) is 3.82. The molecule has 1 aliphatic heterocycles. The highest BCUT2D eigenvalue weighted by molar-refractivity contribution is 6.02. The second-order valence-corrected chi connectivity index (χ2v) is 5.93. The number of aryl methyl sites for hydroxylation is 1. The van der Waals surface area contributed by atoms with Crippen LogP contribution in [0.2, 0.25) is 0 Å². The van der Waals surface area contributed by atoms with Gasteiger partial charge in [0.15, 0.2) is 0 Å². The number of hydrogen-bond acceptors (Lipinski definition) is 4. The lowest BCUT2D eigenvalue weighted by Gasteiger charge is -2.25. The molecule has 0 radical (unpaired) electrons. The van der Waals surface area contributed by atoms with Crippen LogP contribution in [0.3, 0.4) is 0 Å². The van der Waals surface area contributed by atoms with Gasteiger partial charge < -0.3 is 9.69 Å². The van der Waals surface area contributed by atoms with Crippen LogP contribution in [0, 0.1) is 0 Å². The van der Waals surface area contributed by atoms with E-state index in [0.29, 0.717) is 0 Å². The highest BCUT2D eigenvalue weighted by Crippen LogP contribution is 2.39. The first-order chi connectivity index (χ1) is 11.3. The van der Waals surface area contributed by atoms with E-state index in [4.69, 9.17) is 0 Å². The van der Waals surface area contributed by atoms with Crippen molar-refractivity contribution in [3.8, 4) is 5.69 Å². The van der Waals surface area contributed by atoms with Crippen molar-refractivity contribution < 1.29 is 4.79 Å². The molecule has 1 atom stereocenters. The molecule has 0 fully saturated rings. The summed E-state index contributed by atoms with van der Waals surface area (Å²) >= 11 is 0. The second-order valence-electron chi connectivity index (χ2n) is 5.93. The molecule has 0 saturated heterocycles. The first-order valence-corrected chi connectivity index (χ1v) is 7.91. The molecular formula is C18H18N4O. The number of fused-ring (bicyclic) bond motifs is 2. The van der Waals surface area contributed by atoms with Crippen molar-refractivity contribution in [1.29, 1.82) is 0 Å². The molecule has 3 aromatic rings. The van der Waals surface area contributed by atoms with Gasteiger partial charge in [-0.2, -0.15) is 0 Å². The van der Waals surface area contributed by atoms with Gasteiger partial charge in [0.25, 0.3) is 0 Å². The molecule has 116 valence electrons. The van der Waals surface area contributed by atoms with Crippen LogP contribution >= 0.6 is 0 Å². The fraction of sp³-hybridized carbons (Fsp3) is 0.278. The van der Waals surface area contributed by atoms with Gasteiger partial charge >= 0.3 is 0 Å². The van der Waals surface area contributed by atoms with Crippen molar-refractivity contribution in [3.05, 3.63) is 47.8 Å². The highest BCUT2D eigenvalue weighted by Gasteiger charge is 2.31. The highest BCUT2D eigenvalue weighted by atomic mass is 16.1. The van der Waals surface area contributed by atoms with E-state index in [-0.39, 0.29) is 6.04 Å². The van der Waals surface area contributed by atoms with Gasteiger partial charge in [0.2, 0.25) is 0 Å². The molecule has 1 unspecified atom stereocenters. The van der Waals surface area contributed by atoms with Crippen molar-refractivity contribution in [2.75, 3.05) is 11.9 Å². The molecule has 0 saturated carbocycles. The van der Waals surface area contributed by atoms with E-state index in [1.165, 1.54) is 0 Å². The van der Waals surface area contributed by atoms with E-state index in [9.17, 15) is 4.79 Å². The number of rotatable bonds is 3. The summed E-state index contributed by atoms with van der Waals surface area (Å²) in [5, 5.41) is 11.0. The maximum absolute atomic E-state index is 11.9. The minimum absolute atomic E-state index is 0.385. The third-order valence-electron chi connectivity index (χ3n) is 4.56. The molecule has 5 heteroatoms. The fourth-order valence-corrected chi connectivity index (χ4v) is 3.47. The molecule has 0 spiro atoms. The predicted octanol–water partition coefficient (Wildman–Crippen LogP) is 3.06. The lowest BCUT2D eigenvalue weighted by molar-refractivity contribution is -0.109. The van der Waals surface area contributed by atoms with Crippen molar-refractivity contribution in [1.82, 2.24) is 15.0 Å². The zero-order chi connectivity index (χ0) is 16.0. The molecule has 5 nitrogen and oxygen atoms in total. The van der Waals surface area contributed by atoms with Gasteiger partial charge in [-0.1, -0.05) is 42.8 Å².